The normalized spacial score (nSPS) is 11.2. The summed E-state index contributed by atoms with van der Waals surface area (Å²) in [6.45, 7) is 0.432. The van der Waals surface area contributed by atoms with E-state index in [-0.39, 0.29) is 21.4 Å². The second kappa shape index (κ2) is 6.89. The van der Waals surface area contributed by atoms with Crippen LogP contribution >= 0.6 is 11.6 Å². The molecule has 2 rings (SSSR count). The van der Waals surface area contributed by atoms with Crippen molar-refractivity contribution in [3.63, 3.8) is 0 Å². The van der Waals surface area contributed by atoms with Crippen molar-refractivity contribution in [3.05, 3.63) is 58.9 Å². The highest BCUT2D eigenvalue weighted by atomic mass is 35.5. The van der Waals surface area contributed by atoms with Gasteiger partial charge in [-0.2, -0.15) is 0 Å². The van der Waals surface area contributed by atoms with Gasteiger partial charge >= 0.3 is 0 Å². The van der Waals surface area contributed by atoms with Crippen LogP contribution in [0.4, 0.5) is 0 Å². The van der Waals surface area contributed by atoms with Crippen molar-refractivity contribution < 1.29 is 13.2 Å². The topological polar surface area (TPSA) is 76.1 Å². The van der Waals surface area contributed by atoms with Crippen LogP contribution in [0.5, 0.6) is 0 Å². The minimum absolute atomic E-state index is 0.0472. The predicted molar refractivity (Wildman–Crippen MR) is 84.8 cm³/mol. The number of sulfone groups is 1. The fourth-order valence-corrected chi connectivity index (χ4v) is 3.20. The maximum atomic E-state index is 12.1. The molecule has 1 amide bonds. The Balaban J connectivity index is 2.04. The molecule has 116 valence electrons. The van der Waals surface area contributed by atoms with E-state index in [1.54, 1.807) is 12.4 Å². The number of benzene rings is 1. The SMILES string of the molecule is CS(=O)(=O)c1cc(C(=O)NCCc2cccnc2)ccc1Cl. The Morgan fingerprint density at radius 2 is 2.09 bits per heavy atom. The van der Waals surface area contributed by atoms with Crippen LogP contribution in [-0.2, 0) is 16.3 Å². The number of halogens is 1. The third-order valence-electron chi connectivity index (χ3n) is 3.01. The maximum absolute atomic E-state index is 12.1. The van der Waals surface area contributed by atoms with E-state index < -0.39 is 9.84 Å². The zero-order chi connectivity index (χ0) is 16.2. The summed E-state index contributed by atoms with van der Waals surface area (Å²) in [7, 11) is -3.47. The van der Waals surface area contributed by atoms with Gasteiger partial charge in [-0.05, 0) is 36.2 Å². The third kappa shape index (κ3) is 4.29. The number of carbonyl (C=O) groups is 1. The minimum atomic E-state index is -3.47. The first-order valence-electron chi connectivity index (χ1n) is 6.54. The Morgan fingerprint density at radius 3 is 2.73 bits per heavy atom. The summed E-state index contributed by atoms with van der Waals surface area (Å²) in [5.41, 5.74) is 1.27. The van der Waals surface area contributed by atoms with E-state index in [4.69, 9.17) is 11.6 Å². The van der Waals surface area contributed by atoms with Crippen molar-refractivity contribution in [2.75, 3.05) is 12.8 Å². The summed E-state index contributed by atoms with van der Waals surface area (Å²) in [4.78, 5) is 16.0. The molecule has 0 saturated carbocycles. The first-order valence-corrected chi connectivity index (χ1v) is 8.81. The molecule has 0 saturated heterocycles. The van der Waals surface area contributed by atoms with Gasteiger partial charge in [-0.25, -0.2) is 8.42 Å². The molecule has 1 N–H and O–H groups in total. The fraction of sp³-hybridized carbons (Fsp3) is 0.200. The Kier molecular flexibility index (Phi) is 5.15. The first-order chi connectivity index (χ1) is 10.4. The average Bonchev–Trinajstić information content (AvgIpc) is 2.47. The molecule has 0 aliphatic rings. The summed E-state index contributed by atoms with van der Waals surface area (Å²) in [5.74, 6) is -0.342. The number of carbonyl (C=O) groups excluding carboxylic acids is 1. The van der Waals surface area contributed by atoms with Gasteiger partial charge in [0.25, 0.3) is 5.91 Å². The van der Waals surface area contributed by atoms with Gasteiger partial charge in [-0.15, -0.1) is 0 Å². The summed E-state index contributed by atoms with van der Waals surface area (Å²) < 4.78 is 23.2. The smallest absolute Gasteiger partial charge is 0.251 e. The Hall–Kier alpha value is -1.92. The fourth-order valence-electron chi connectivity index (χ4n) is 1.90. The number of pyridine rings is 1. The molecule has 22 heavy (non-hydrogen) atoms. The lowest BCUT2D eigenvalue weighted by Gasteiger charge is -2.08. The van der Waals surface area contributed by atoms with Gasteiger partial charge in [0.15, 0.2) is 9.84 Å². The number of amides is 1. The molecule has 0 aliphatic heterocycles. The first kappa shape index (κ1) is 16.5. The van der Waals surface area contributed by atoms with Crippen molar-refractivity contribution in [1.82, 2.24) is 10.3 Å². The standard InChI is InChI=1S/C15H15ClN2O3S/c1-22(20,21)14-9-12(4-5-13(14)16)15(19)18-8-6-11-3-2-7-17-10-11/h2-5,7,9-10H,6,8H2,1H3,(H,18,19). The van der Waals surface area contributed by atoms with Gasteiger partial charge < -0.3 is 5.32 Å². The summed E-state index contributed by atoms with van der Waals surface area (Å²) in [5, 5.41) is 2.85. The Bertz CT molecular complexity index is 777. The molecule has 0 atom stereocenters. The number of hydrogen-bond acceptors (Lipinski definition) is 4. The highest BCUT2D eigenvalue weighted by Gasteiger charge is 2.15. The van der Waals surface area contributed by atoms with Gasteiger partial charge in [0, 0.05) is 30.8 Å². The lowest BCUT2D eigenvalue weighted by molar-refractivity contribution is 0.0954. The zero-order valence-electron chi connectivity index (χ0n) is 11.9. The molecule has 2 aromatic rings. The second-order valence-electron chi connectivity index (χ2n) is 4.78. The molecule has 0 bridgehead atoms. The van der Waals surface area contributed by atoms with Gasteiger partial charge in [0.05, 0.1) is 9.92 Å². The summed E-state index contributed by atoms with van der Waals surface area (Å²) in [6.07, 6.45) is 5.11. The van der Waals surface area contributed by atoms with Crippen LogP contribution in [-0.4, -0.2) is 32.1 Å². The van der Waals surface area contributed by atoms with E-state index in [0.717, 1.165) is 11.8 Å². The van der Waals surface area contributed by atoms with Crippen LogP contribution in [0.2, 0.25) is 5.02 Å². The van der Waals surface area contributed by atoms with Gasteiger partial charge in [0.2, 0.25) is 0 Å². The predicted octanol–water partition coefficient (Wildman–Crippen LogP) is 2.11. The van der Waals surface area contributed by atoms with E-state index in [2.05, 4.69) is 10.3 Å². The number of nitrogens with one attached hydrogen (secondary N) is 1. The molecule has 0 aliphatic carbocycles. The largest absolute Gasteiger partial charge is 0.352 e. The molecular formula is C15H15ClN2O3S. The van der Waals surface area contributed by atoms with Crippen LogP contribution in [0, 0.1) is 0 Å². The van der Waals surface area contributed by atoms with Crippen molar-refractivity contribution in [1.29, 1.82) is 0 Å². The van der Waals surface area contributed by atoms with Crippen molar-refractivity contribution >= 4 is 27.3 Å². The molecule has 1 aromatic heterocycles. The van der Waals surface area contributed by atoms with E-state index >= 15 is 0 Å². The van der Waals surface area contributed by atoms with E-state index in [0.29, 0.717) is 13.0 Å². The molecule has 7 heteroatoms. The highest BCUT2D eigenvalue weighted by Crippen LogP contribution is 2.22. The highest BCUT2D eigenvalue weighted by molar-refractivity contribution is 7.90. The molecular weight excluding hydrogens is 324 g/mol. The lowest BCUT2D eigenvalue weighted by Crippen LogP contribution is -2.25. The van der Waals surface area contributed by atoms with Gasteiger partial charge in [-0.3, -0.25) is 9.78 Å². The molecule has 0 spiro atoms. The van der Waals surface area contributed by atoms with Crippen LogP contribution < -0.4 is 5.32 Å². The average molecular weight is 339 g/mol. The van der Waals surface area contributed by atoms with Crippen LogP contribution in [0.25, 0.3) is 0 Å². The van der Waals surface area contributed by atoms with Crippen molar-refractivity contribution in [3.8, 4) is 0 Å². The molecule has 0 unspecified atom stereocenters. The minimum Gasteiger partial charge on any atom is -0.352 e. The van der Waals surface area contributed by atoms with E-state index in [9.17, 15) is 13.2 Å². The molecule has 1 heterocycles. The van der Waals surface area contributed by atoms with Crippen molar-refractivity contribution in [2.24, 2.45) is 0 Å². The quantitative estimate of drug-likeness (QED) is 0.906. The number of hydrogen-bond donors (Lipinski definition) is 1. The zero-order valence-corrected chi connectivity index (χ0v) is 13.5. The molecule has 1 aromatic carbocycles. The number of aromatic nitrogens is 1. The molecule has 0 fully saturated rings. The lowest BCUT2D eigenvalue weighted by atomic mass is 10.2. The molecule has 0 radical (unpaired) electrons. The number of rotatable bonds is 5. The molecule has 5 nitrogen and oxygen atoms in total. The Labute approximate surface area is 134 Å². The number of nitrogens with zero attached hydrogens (tertiary/aromatic N) is 1. The third-order valence-corrected chi connectivity index (χ3v) is 4.59. The summed E-state index contributed by atoms with van der Waals surface area (Å²) in [6, 6.07) is 7.94. The monoisotopic (exact) mass is 338 g/mol. The van der Waals surface area contributed by atoms with E-state index in [1.807, 2.05) is 12.1 Å². The van der Waals surface area contributed by atoms with Crippen molar-refractivity contribution in [2.45, 2.75) is 11.3 Å². The van der Waals surface area contributed by atoms with Gasteiger partial charge in [-0.1, -0.05) is 17.7 Å². The summed E-state index contributed by atoms with van der Waals surface area (Å²) >= 11 is 5.85. The van der Waals surface area contributed by atoms with Crippen LogP contribution in [0.3, 0.4) is 0 Å². The van der Waals surface area contributed by atoms with Crippen LogP contribution in [0.1, 0.15) is 15.9 Å². The van der Waals surface area contributed by atoms with Gasteiger partial charge in [0.1, 0.15) is 0 Å². The van der Waals surface area contributed by atoms with Crippen LogP contribution in [0.15, 0.2) is 47.6 Å². The maximum Gasteiger partial charge on any atom is 0.251 e. The van der Waals surface area contributed by atoms with E-state index in [1.165, 1.54) is 18.2 Å². The Morgan fingerprint density at radius 1 is 1.32 bits per heavy atom. The second-order valence-corrected chi connectivity index (χ2v) is 7.18.